The molecule has 0 spiro atoms. The van der Waals surface area contributed by atoms with E-state index in [4.69, 9.17) is 4.74 Å². The number of anilines is 2. The molecular weight excluding hydrogens is 447 g/mol. The highest BCUT2D eigenvalue weighted by Crippen LogP contribution is 2.29. The Morgan fingerprint density at radius 3 is 2.44 bits per heavy atom. The Labute approximate surface area is 193 Å². The van der Waals surface area contributed by atoms with Crippen LogP contribution in [0.2, 0.25) is 0 Å². The molecule has 2 N–H and O–H groups in total. The predicted octanol–water partition coefficient (Wildman–Crippen LogP) is 4.99. The van der Waals surface area contributed by atoms with Crippen molar-refractivity contribution in [3.05, 3.63) is 84.4 Å². The van der Waals surface area contributed by atoms with Gasteiger partial charge in [-0.2, -0.15) is 28.1 Å². The average molecular weight is 469 g/mol. The minimum absolute atomic E-state index is 0.0600. The summed E-state index contributed by atoms with van der Waals surface area (Å²) in [4.78, 5) is 16.9. The SMILES string of the molecule is FC(F)(F)c1cccc(CNc2nc(NCCCn3ccnc3)nc(Oc3ccccc3)n2)c1. The number of nitrogens with one attached hydrogen (secondary N) is 2. The average Bonchev–Trinajstić information content (AvgIpc) is 3.34. The normalized spacial score (nSPS) is 11.3. The standard InChI is InChI=1S/C23H22F3N7O/c24-23(25,26)18-7-4-6-17(14-18)15-29-21-30-20(28-10-5-12-33-13-11-27-16-33)31-22(32-21)34-19-8-2-1-3-9-19/h1-4,6-9,11,13-14,16H,5,10,12,15H2,(H2,28,29,30,31,32). The lowest BCUT2D eigenvalue weighted by atomic mass is 10.1. The van der Waals surface area contributed by atoms with E-state index < -0.39 is 11.7 Å². The molecule has 0 bridgehead atoms. The highest BCUT2D eigenvalue weighted by atomic mass is 19.4. The van der Waals surface area contributed by atoms with Gasteiger partial charge < -0.3 is 19.9 Å². The fourth-order valence-electron chi connectivity index (χ4n) is 3.07. The molecule has 0 aliphatic heterocycles. The number of alkyl halides is 3. The van der Waals surface area contributed by atoms with E-state index in [1.165, 1.54) is 6.07 Å². The van der Waals surface area contributed by atoms with Crippen molar-refractivity contribution in [2.75, 3.05) is 17.2 Å². The van der Waals surface area contributed by atoms with Crippen LogP contribution < -0.4 is 15.4 Å². The molecule has 2 heterocycles. The van der Waals surface area contributed by atoms with Crippen LogP contribution in [0, 0.1) is 0 Å². The maximum atomic E-state index is 13.0. The van der Waals surface area contributed by atoms with E-state index in [0.29, 0.717) is 17.9 Å². The highest BCUT2D eigenvalue weighted by molar-refractivity contribution is 5.38. The fourth-order valence-corrected chi connectivity index (χ4v) is 3.07. The van der Waals surface area contributed by atoms with Gasteiger partial charge in [0.25, 0.3) is 0 Å². The van der Waals surface area contributed by atoms with Gasteiger partial charge in [-0.3, -0.25) is 0 Å². The van der Waals surface area contributed by atoms with Crippen molar-refractivity contribution in [1.29, 1.82) is 0 Å². The number of ether oxygens (including phenoxy) is 1. The van der Waals surface area contributed by atoms with Gasteiger partial charge in [0.2, 0.25) is 11.9 Å². The number of aromatic nitrogens is 5. The van der Waals surface area contributed by atoms with Crippen molar-refractivity contribution in [2.24, 2.45) is 0 Å². The lowest BCUT2D eigenvalue weighted by molar-refractivity contribution is -0.137. The molecule has 34 heavy (non-hydrogen) atoms. The molecule has 0 radical (unpaired) electrons. The quantitative estimate of drug-likeness (QED) is 0.316. The van der Waals surface area contributed by atoms with E-state index in [0.717, 1.165) is 25.1 Å². The van der Waals surface area contributed by atoms with Crippen molar-refractivity contribution in [1.82, 2.24) is 24.5 Å². The van der Waals surface area contributed by atoms with Crippen LogP contribution in [-0.4, -0.2) is 31.0 Å². The molecular formula is C23H22F3N7O. The number of aryl methyl sites for hydroxylation is 1. The second kappa shape index (κ2) is 10.6. The van der Waals surface area contributed by atoms with E-state index in [9.17, 15) is 13.2 Å². The Morgan fingerprint density at radius 1 is 0.912 bits per heavy atom. The molecule has 2 aromatic heterocycles. The fraction of sp³-hybridized carbons (Fsp3) is 0.217. The lowest BCUT2D eigenvalue weighted by Crippen LogP contribution is -2.12. The van der Waals surface area contributed by atoms with Crippen LogP contribution in [0.4, 0.5) is 25.1 Å². The van der Waals surface area contributed by atoms with Crippen LogP contribution in [-0.2, 0) is 19.3 Å². The van der Waals surface area contributed by atoms with Gasteiger partial charge in [0.05, 0.1) is 11.9 Å². The smallest absolute Gasteiger partial charge is 0.416 e. The number of hydrogen-bond donors (Lipinski definition) is 2. The molecule has 0 fully saturated rings. The zero-order valence-corrected chi connectivity index (χ0v) is 18.0. The highest BCUT2D eigenvalue weighted by Gasteiger charge is 2.30. The molecule has 176 valence electrons. The number of benzene rings is 2. The number of halogens is 3. The van der Waals surface area contributed by atoms with Crippen molar-refractivity contribution in [3.63, 3.8) is 0 Å². The molecule has 0 saturated heterocycles. The van der Waals surface area contributed by atoms with E-state index in [-0.39, 0.29) is 24.5 Å². The second-order valence-corrected chi connectivity index (χ2v) is 7.31. The molecule has 2 aromatic carbocycles. The molecule has 11 heteroatoms. The van der Waals surface area contributed by atoms with Crippen molar-refractivity contribution >= 4 is 11.9 Å². The first-order chi connectivity index (χ1) is 16.5. The van der Waals surface area contributed by atoms with Gasteiger partial charge >= 0.3 is 12.2 Å². The minimum Gasteiger partial charge on any atom is -0.424 e. The van der Waals surface area contributed by atoms with Gasteiger partial charge in [-0.05, 0) is 36.2 Å². The summed E-state index contributed by atoms with van der Waals surface area (Å²) in [5.74, 6) is 1.01. The third-order valence-electron chi connectivity index (χ3n) is 4.71. The topological polar surface area (TPSA) is 89.8 Å². The summed E-state index contributed by atoms with van der Waals surface area (Å²) < 4.78 is 46.7. The molecule has 8 nitrogen and oxygen atoms in total. The largest absolute Gasteiger partial charge is 0.424 e. The maximum absolute atomic E-state index is 13.0. The van der Waals surface area contributed by atoms with Gasteiger partial charge in [-0.25, -0.2) is 4.98 Å². The third kappa shape index (κ3) is 6.67. The van der Waals surface area contributed by atoms with Gasteiger partial charge in [0.1, 0.15) is 5.75 Å². The van der Waals surface area contributed by atoms with Gasteiger partial charge in [-0.1, -0.05) is 30.3 Å². The molecule has 4 rings (SSSR count). The van der Waals surface area contributed by atoms with Crippen LogP contribution in [0.15, 0.2) is 73.3 Å². The van der Waals surface area contributed by atoms with Gasteiger partial charge in [0.15, 0.2) is 0 Å². The molecule has 0 unspecified atom stereocenters. The number of imidazole rings is 1. The number of nitrogens with zero attached hydrogens (tertiary/aromatic N) is 5. The lowest BCUT2D eigenvalue weighted by Gasteiger charge is -2.12. The third-order valence-corrected chi connectivity index (χ3v) is 4.71. The van der Waals surface area contributed by atoms with Crippen LogP contribution in [0.5, 0.6) is 11.8 Å². The Kier molecular flexibility index (Phi) is 7.21. The molecule has 0 aliphatic carbocycles. The van der Waals surface area contributed by atoms with Crippen molar-refractivity contribution < 1.29 is 17.9 Å². The maximum Gasteiger partial charge on any atom is 0.416 e. The second-order valence-electron chi connectivity index (χ2n) is 7.31. The molecule has 0 atom stereocenters. The Morgan fingerprint density at radius 2 is 1.71 bits per heavy atom. The number of para-hydroxylation sites is 1. The van der Waals surface area contributed by atoms with E-state index >= 15 is 0 Å². The molecule has 0 saturated carbocycles. The van der Waals surface area contributed by atoms with Crippen LogP contribution >= 0.6 is 0 Å². The number of hydrogen-bond acceptors (Lipinski definition) is 7. The van der Waals surface area contributed by atoms with Crippen LogP contribution in [0.1, 0.15) is 17.5 Å². The summed E-state index contributed by atoms with van der Waals surface area (Å²) in [7, 11) is 0. The Balaban J connectivity index is 1.45. The van der Waals surface area contributed by atoms with Crippen molar-refractivity contribution in [2.45, 2.75) is 25.7 Å². The molecule has 0 amide bonds. The van der Waals surface area contributed by atoms with E-state index in [1.54, 1.807) is 30.7 Å². The molecule has 4 aromatic rings. The summed E-state index contributed by atoms with van der Waals surface area (Å²) in [6, 6.07) is 14.2. The first-order valence-electron chi connectivity index (χ1n) is 10.5. The van der Waals surface area contributed by atoms with Crippen LogP contribution in [0.25, 0.3) is 0 Å². The van der Waals surface area contributed by atoms with Gasteiger partial charge in [-0.15, -0.1) is 0 Å². The molecule has 0 aliphatic rings. The zero-order chi connectivity index (χ0) is 23.8. The number of rotatable bonds is 10. The zero-order valence-electron chi connectivity index (χ0n) is 18.0. The first kappa shape index (κ1) is 23.0. The minimum atomic E-state index is -4.41. The Bertz CT molecular complexity index is 1180. The predicted molar refractivity (Wildman–Crippen MR) is 120 cm³/mol. The summed E-state index contributed by atoms with van der Waals surface area (Å²) in [5.41, 5.74) is -0.272. The first-order valence-corrected chi connectivity index (χ1v) is 10.5. The Hall–Kier alpha value is -4.15. The van der Waals surface area contributed by atoms with Crippen molar-refractivity contribution in [3.8, 4) is 11.8 Å². The van der Waals surface area contributed by atoms with Gasteiger partial charge in [0, 0.05) is 32.0 Å². The summed E-state index contributed by atoms with van der Waals surface area (Å²) in [6.45, 7) is 1.45. The summed E-state index contributed by atoms with van der Waals surface area (Å²) >= 11 is 0. The van der Waals surface area contributed by atoms with Crippen LogP contribution in [0.3, 0.4) is 0 Å². The summed E-state index contributed by atoms with van der Waals surface area (Å²) in [6.07, 6.45) is 1.72. The van der Waals surface area contributed by atoms with E-state index in [2.05, 4.69) is 30.6 Å². The monoisotopic (exact) mass is 469 g/mol. The summed E-state index contributed by atoms with van der Waals surface area (Å²) in [5, 5.41) is 6.09. The van der Waals surface area contributed by atoms with E-state index in [1.807, 2.05) is 29.0 Å².